The predicted molar refractivity (Wildman–Crippen MR) is 84.5 cm³/mol. The molecule has 0 saturated carbocycles. The van der Waals surface area contributed by atoms with E-state index in [1.807, 2.05) is 0 Å². The van der Waals surface area contributed by atoms with Crippen molar-refractivity contribution >= 4 is 0 Å². The van der Waals surface area contributed by atoms with Crippen LogP contribution in [0.4, 0.5) is 0 Å². The predicted octanol–water partition coefficient (Wildman–Crippen LogP) is 5.59. The molecule has 5 atom stereocenters. The van der Waals surface area contributed by atoms with Crippen LogP contribution in [0.3, 0.4) is 0 Å². The summed E-state index contributed by atoms with van der Waals surface area (Å²) in [5, 5.41) is 0. The van der Waals surface area contributed by atoms with Crippen LogP contribution in [0.1, 0.15) is 41.5 Å². The first-order chi connectivity index (χ1) is 6.95. The molecule has 0 heterocycles. The Labute approximate surface area is 138 Å². The van der Waals surface area contributed by atoms with Crippen LogP contribution < -0.4 is 0 Å². The molecule has 0 N–H and O–H groups in total. The first kappa shape index (κ1) is 24.2. The normalized spacial score (nSPS) is 35.9. The van der Waals surface area contributed by atoms with Gasteiger partial charge in [-0.3, -0.25) is 6.08 Å². The van der Waals surface area contributed by atoms with E-state index in [-0.39, 0.29) is 44.0 Å². The molecule has 1 heteroatoms. The van der Waals surface area contributed by atoms with Gasteiger partial charge in [0.1, 0.15) is 0 Å². The van der Waals surface area contributed by atoms with E-state index in [1.54, 1.807) is 11.1 Å². The summed E-state index contributed by atoms with van der Waals surface area (Å²) >= 11 is 0. The van der Waals surface area contributed by atoms with E-state index in [1.165, 1.54) is 5.57 Å². The van der Waals surface area contributed by atoms with Gasteiger partial charge in [-0.05, 0) is 17.8 Å². The van der Waals surface area contributed by atoms with Crippen LogP contribution in [-0.2, 0) is 21.7 Å². The molecular formula is C18H32Ti. The van der Waals surface area contributed by atoms with Crippen LogP contribution in [-0.4, -0.2) is 0 Å². The largest absolute Gasteiger partial charge is 4.00 e. The molecule has 2 rings (SSSR count). The second-order valence-corrected chi connectivity index (χ2v) is 5.66. The van der Waals surface area contributed by atoms with Crippen molar-refractivity contribution in [3.8, 4) is 0 Å². The van der Waals surface area contributed by atoms with E-state index in [0.717, 1.165) is 23.7 Å². The maximum Gasteiger partial charge on any atom is 4.00 e. The van der Waals surface area contributed by atoms with Crippen LogP contribution in [0, 0.1) is 57.9 Å². The Kier molecular flexibility index (Phi) is 10.8. The van der Waals surface area contributed by atoms with Gasteiger partial charge in [0.15, 0.2) is 0 Å². The second kappa shape index (κ2) is 8.47. The van der Waals surface area contributed by atoms with Gasteiger partial charge in [-0.1, -0.05) is 53.4 Å². The summed E-state index contributed by atoms with van der Waals surface area (Å²) in [4.78, 5) is 0. The van der Waals surface area contributed by atoms with Gasteiger partial charge in [-0.15, -0.1) is 0 Å². The smallest absolute Gasteiger partial charge is 0.358 e. The first-order valence-corrected chi connectivity index (χ1v) is 6.29. The second-order valence-electron chi connectivity index (χ2n) is 5.66. The van der Waals surface area contributed by atoms with Gasteiger partial charge in [-0.2, -0.15) is 11.1 Å². The summed E-state index contributed by atoms with van der Waals surface area (Å²) in [7, 11) is 0. The molecule has 0 saturated heterocycles. The average molecular weight is 296 g/mol. The maximum absolute atomic E-state index is 3.60. The summed E-state index contributed by atoms with van der Waals surface area (Å²) in [6.45, 7) is 14.2. The van der Waals surface area contributed by atoms with E-state index in [4.69, 9.17) is 0 Å². The molecule has 0 amide bonds. The number of hydrogen-bond acceptors (Lipinski definition) is 0. The minimum Gasteiger partial charge on any atom is -0.358 e. The van der Waals surface area contributed by atoms with Gasteiger partial charge in [0.25, 0.3) is 0 Å². The molecule has 0 aromatic heterocycles. The monoisotopic (exact) mass is 296 g/mol. The van der Waals surface area contributed by atoms with Crippen molar-refractivity contribution in [1.29, 1.82) is 0 Å². The van der Waals surface area contributed by atoms with E-state index < -0.39 is 0 Å². The standard InChI is InChI=1S/C15H23.3CH3.Ti/c1-8-7-9(2)15-13(6)11(4)10(3)12(5)14(8)15;;;;/h8,10-13H,1-6H3;3*1H3;/q4*-1;+4. The van der Waals surface area contributed by atoms with Crippen LogP contribution in [0.2, 0.25) is 0 Å². The summed E-state index contributed by atoms with van der Waals surface area (Å²) in [6, 6.07) is 0. The molecule has 0 aromatic carbocycles. The van der Waals surface area contributed by atoms with Gasteiger partial charge in [0, 0.05) is 0 Å². The summed E-state index contributed by atoms with van der Waals surface area (Å²) in [6.07, 6.45) is 3.60. The molecule has 0 nitrogen and oxygen atoms in total. The van der Waals surface area contributed by atoms with Crippen LogP contribution in [0.5, 0.6) is 0 Å². The summed E-state index contributed by atoms with van der Waals surface area (Å²) < 4.78 is 0. The molecule has 0 radical (unpaired) electrons. The quantitative estimate of drug-likeness (QED) is 0.404. The maximum atomic E-state index is 3.60. The van der Waals surface area contributed by atoms with Crippen molar-refractivity contribution in [2.75, 3.05) is 0 Å². The Morgan fingerprint density at radius 1 is 0.789 bits per heavy atom. The van der Waals surface area contributed by atoms with Gasteiger partial charge in [-0.25, -0.2) is 5.57 Å². The molecular weight excluding hydrogens is 264 g/mol. The SMILES string of the molecule is CC1=[C-]C(C)C2=C1C(C)C(C)C(C)C2C.[CH3-].[CH3-].[CH3-].[Ti+4]. The zero-order valence-electron chi connectivity index (χ0n) is 14.4. The third kappa shape index (κ3) is 3.64. The zero-order valence-corrected chi connectivity index (χ0v) is 15.9. The molecule has 0 aromatic rings. The number of hydrogen-bond donors (Lipinski definition) is 0. The van der Waals surface area contributed by atoms with E-state index in [0.29, 0.717) is 5.92 Å². The van der Waals surface area contributed by atoms with Crippen molar-refractivity contribution < 1.29 is 21.7 Å². The van der Waals surface area contributed by atoms with Crippen molar-refractivity contribution in [3.05, 3.63) is 45.1 Å². The minimum absolute atomic E-state index is 0. The van der Waals surface area contributed by atoms with Crippen LogP contribution in [0.15, 0.2) is 16.7 Å². The fourth-order valence-corrected chi connectivity index (χ4v) is 3.63. The van der Waals surface area contributed by atoms with Crippen LogP contribution >= 0.6 is 0 Å². The Bertz CT molecular complexity index is 338. The minimum atomic E-state index is 0. The molecule has 5 unspecified atom stereocenters. The molecule has 108 valence electrons. The topological polar surface area (TPSA) is 0 Å². The third-order valence-electron chi connectivity index (χ3n) is 4.97. The van der Waals surface area contributed by atoms with Crippen molar-refractivity contribution in [3.63, 3.8) is 0 Å². The van der Waals surface area contributed by atoms with Gasteiger partial charge in [0.2, 0.25) is 0 Å². The fraction of sp³-hybridized carbons (Fsp3) is 0.611. The zero-order chi connectivity index (χ0) is 11.3. The Morgan fingerprint density at radius 2 is 1.21 bits per heavy atom. The van der Waals surface area contributed by atoms with E-state index in [9.17, 15) is 0 Å². The summed E-state index contributed by atoms with van der Waals surface area (Å²) in [5.74, 6) is 3.65. The first-order valence-electron chi connectivity index (χ1n) is 6.29. The molecule has 2 aliphatic rings. The van der Waals surface area contributed by atoms with Gasteiger partial charge >= 0.3 is 21.7 Å². The molecule has 0 spiro atoms. The van der Waals surface area contributed by atoms with Gasteiger partial charge < -0.3 is 22.3 Å². The molecule has 0 bridgehead atoms. The summed E-state index contributed by atoms with van der Waals surface area (Å²) in [5.41, 5.74) is 4.75. The Morgan fingerprint density at radius 3 is 1.68 bits per heavy atom. The van der Waals surface area contributed by atoms with Gasteiger partial charge in [0.05, 0.1) is 0 Å². The molecule has 0 fully saturated rings. The average Bonchev–Trinajstić information content (AvgIpc) is 2.47. The van der Waals surface area contributed by atoms with E-state index in [2.05, 4.69) is 47.6 Å². The van der Waals surface area contributed by atoms with Crippen molar-refractivity contribution in [2.45, 2.75) is 41.5 Å². The van der Waals surface area contributed by atoms with Crippen molar-refractivity contribution in [2.24, 2.45) is 29.6 Å². The Balaban J connectivity index is -0.000000640. The molecule has 0 aliphatic heterocycles. The Hall–Kier alpha value is 0.194. The number of allylic oxidation sites excluding steroid dienone is 4. The molecule has 2 aliphatic carbocycles. The fourth-order valence-electron chi connectivity index (χ4n) is 3.63. The molecule has 19 heavy (non-hydrogen) atoms. The van der Waals surface area contributed by atoms with Crippen molar-refractivity contribution in [1.82, 2.24) is 0 Å². The van der Waals surface area contributed by atoms with E-state index >= 15 is 0 Å². The third-order valence-corrected chi connectivity index (χ3v) is 4.97. The van der Waals surface area contributed by atoms with Crippen LogP contribution in [0.25, 0.3) is 0 Å². The number of rotatable bonds is 0.